The molecule has 3 aromatic rings. The van der Waals surface area contributed by atoms with Gasteiger partial charge in [-0.15, -0.1) is 0 Å². The van der Waals surface area contributed by atoms with Crippen LogP contribution in [-0.2, 0) is 0 Å². The predicted molar refractivity (Wildman–Crippen MR) is 126 cm³/mol. The summed E-state index contributed by atoms with van der Waals surface area (Å²) in [6.45, 7) is 1.93. The third kappa shape index (κ3) is 4.01. The van der Waals surface area contributed by atoms with Crippen molar-refractivity contribution in [3.8, 4) is 16.9 Å². The Hall–Kier alpha value is -2.80. The van der Waals surface area contributed by atoms with Crippen molar-refractivity contribution in [3.05, 3.63) is 70.3 Å². The first-order valence-corrected chi connectivity index (χ1v) is 11.2. The van der Waals surface area contributed by atoms with Crippen LogP contribution in [0, 0.1) is 0 Å². The first-order valence-electron chi connectivity index (χ1n) is 10.4. The molecule has 1 fully saturated rings. The summed E-state index contributed by atoms with van der Waals surface area (Å²) in [5, 5.41) is 10.9. The van der Waals surface area contributed by atoms with Gasteiger partial charge in [0.2, 0.25) is 0 Å². The number of amides is 1. The molecular weight excluding hydrogens is 449 g/mol. The van der Waals surface area contributed by atoms with Crippen LogP contribution in [0.15, 0.2) is 54.7 Å². The monoisotopic (exact) mass is 469 g/mol. The van der Waals surface area contributed by atoms with Crippen molar-refractivity contribution in [2.24, 2.45) is 0 Å². The zero-order valence-electron chi connectivity index (χ0n) is 17.2. The first-order chi connectivity index (χ1) is 15.5. The van der Waals surface area contributed by atoms with Crippen LogP contribution >= 0.6 is 23.2 Å². The molecule has 6 nitrogen and oxygen atoms in total. The number of aliphatic hydroxyl groups excluding tert-OH is 1. The summed E-state index contributed by atoms with van der Waals surface area (Å²) in [6.07, 6.45) is 1.97. The van der Waals surface area contributed by atoms with Crippen LogP contribution in [-0.4, -0.2) is 48.3 Å². The van der Waals surface area contributed by atoms with Gasteiger partial charge in [-0.05, 0) is 47.9 Å². The number of hydrogen-bond donors (Lipinski definition) is 1. The third-order valence-electron chi connectivity index (χ3n) is 5.79. The standard InChI is InChI=1S/C24H21Cl2N3O3/c25-17-4-1-15(2-5-17)16-3-6-20-22(11-16)32-10-9-29(24(20)31)18-12-21(26)23(27-13-18)28-8-7-19(30)14-28/h1-6,11-13,19,30H,7-10,14H2. The number of carbonyl (C=O) groups excluding carboxylic acids is 1. The second-order valence-electron chi connectivity index (χ2n) is 7.91. The highest BCUT2D eigenvalue weighted by atomic mass is 35.5. The molecule has 3 heterocycles. The Labute approximate surface area is 196 Å². The number of rotatable bonds is 3. The van der Waals surface area contributed by atoms with E-state index in [0.29, 0.717) is 65.5 Å². The molecule has 164 valence electrons. The van der Waals surface area contributed by atoms with E-state index in [9.17, 15) is 9.90 Å². The number of benzene rings is 2. The SMILES string of the molecule is O=C1c2ccc(-c3ccc(Cl)cc3)cc2OCCN1c1cnc(N2CCC(O)C2)c(Cl)c1. The predicted octanol–water partition coefficient (Wildman–Crippen LogP) is 4.67. The fourth-order valence-corrected chi connectivity index (χ4v) is 4.52. The van der Waals surface area contributed by atoms with Gasteiger partial charge < -0.3 is 19.6 Å². The zero-order chi connectivity index (χ0) is 22.2. The van der Waals surface area contributed by atoms with E-state index in [1.54, 1.807) is 23.2 Å². The Balaban J connectivity index is 1.42. The number of pyridine rings is 1. The highest BCUT2D eigenvalue weighted by Crippen LogP contribution is 2.34. The van der Waals surface area contributed by atoms with Crippen LogP contribution < -0.4 is 14.5 Å². The van der Waals surface area contributed by atoms with Crippen molar-refractivity contribution in [2.45, 2.75) is 12.5 Å². The summed E-state index contributed by atoms with van der Waals surface area (Å²) in [5.41, 5.74) is 3.04. The van der Waals surface area contributed by atoms with Gasteiger partial charge in [-0.3, -0.25) is 4.79 Å². The van der Waals surface area contributed by atoms with Gasteiger partial charge in [-0.2, -0.15) is 0 Å². The molecule has 0 spiro atoms. The van der Waals surface area contributed by atoms with Crippen LogP contribution in [0.4, 0.5) is 11.5 Å². The van der Waals surface area contributed by atoms with Crippen molar-refractivity contribution in [2.75, 3.05) is 36.0 Å². The molecule has 1 amide bonds. The summed E-state index contributed by atoms with van der Waals surface area (Å²) in [5.74, 6) is 1.01. The largest absolute Gasteiger partial charge is 0.491 e. The number of halogens is 2. The number of hydrogen-bond acceptors (Lipinski definition) is 5. The van der Waals surface area contributed by atoms with Crippen molar-refractivity contribution in [3.63, 3.8) is 0 Å². The third-order valence-corrected chi connectivity index (χ3v) is 6.32. The maximum Gasteiger partial charge on any atom is 0.262 e. The number of aromatic nitrogens is 1. The minimum atomic E-state index is -0.369. The first kappa shape index (κ1) is 21.1. The van der Waals surface area contributed by atoms with Crippen molar-refractivity contribution in [1.29, 1.82) is 0 Å². The van der Waals surface area contributed by atoms with E-state index in [4.69, 9.17) is 27.9 Å². The van der Waals surface area contributed by atoms with E-state index in [1.165, 1.54) is 0 Å². The molecule has 2 aliphatic rings. The number of ether oxygens (including phenoxy) is 1. The fourth-order valence-electron chi connectivity index (χ4n) is 4.12. The summed E-state index contributed by atoms with van der Waals surface area (Å²) >= 11 is 12.5. The topological polar surface area (TPSA) is 65.9 Å². The highest BCUT2D eigenvalue weighted by Gasteiger charge is 2.27. The van der Waals surface area contributed by atoms with Crippen LogP contribution in [0.3, 0.4) is 0 Å². The normalized spacial score (nSPS) is 18.3. The van der Waals surface area contributed by atoms with E-state index in [1.807, 2.05) is 41.3 Å². The second-order valence-corrected chi connectivity index (χ2v) is 8.75. The van der Waals surface area contributed by atoms with Crippen molar-refractivity contribution >= 4 is 40.6 Å². The molecule has 0 bridgehead atoms. The van der Waals surface area contributed by atoms with Gasteiger partial charge in [-0.25, -0.2) is 4.98 Å². The van der Waals surface area contributed by atoms with Gasteiger partial charge in [0.15, 0.2) is 0 Å². The Morgan fingerprint density at radius 3 is 2.53 bits per heavy atom. The Morgan fingerprint density at radius 2 is 1.81 bits per heavy atom. The van der Waals surface area contributed by atoms with E-state index >= 15 is 0 Å². The quantitative estimate of drug-likeness (QED) is 0.603. The van der Waals surface area contributed by atoms with Crippen LogP contribution in [0.1, 0.15) is 16.8 Å². The summed E-state index contributed by atoms with van der Waals surface area (Å²) in [7, 11) is 0. The molecule has 1 saturated heterocycles. The van der Waals surface area contributed by atoms with Gasteiger partial charge in [0.25, 0.3) is 5.91 Å². The van der Waals surface area contributed by atoms with Crippen molar-refractivity contribution < 1.29 is 14.6 Å². The lowest BCUT2D eigenvalue weighted by Gasteiger charge is -2.23. The van der Waals surface area contributed by atoms with Gasteiger partial charge in [0, 0.05) is 18.1 Å². The molecule has 0 aliphatic carbocycles. The minimum Gasteiger partial charge on any atom is -0.491 e. The van der Waals surface area contributed by atoms with Gasteiger partial charge in [-0.1, -0.05) is 41.4 Å². The lowest BCUT2D eigenvalue weighted by Crippen LogP contribution is -2.32. The summed E-state index contributed by atoms with van der Waals surface area (Å²) < 4.78 is 5.93. The van der Waals surface area contributed by atoms with Gasteiger partial charge in [0.1, 0.15) is 18.2 Å². The highest BCUT2D eigenvalue weighted by molar-refractivity contribution is 6.33. The molecule has 0 radical (unpaired) electrons. The minimum absolute atomic E-state index is 0.164. The molecule has 1 atom stereocenters. The lowest BCUT2D eigenvalue weighted by molar-refractivity contribution is 0.0989. The Bertz CT molecular complexity index is 1170. The molecule has 1 N–H and O–H groups in total. The zero-order valence-corrected chi connectivity index (χ0v) is 18.7. The molecule has 1 aromatic heterocycles. The van der Waals surface area contributed by atoms with E-state index in [0.717, 1.165) is 11.1 Å². The van der Waals surface area contributed by atoms with E-state index in [-0.39, 0.29) is 12.0 Å². The van der Waals surface area contributed by atoms with E-state index < -0.39 is 0 Å². The van der Waals surface area contributed by atoms with Gasteiger partial charge in [0.05, 0.1) is 35.1 Å². The number of aliphatic hydroxyl groups is 1. The Morgan fingerprint density at radius 1 is 1.03 bits per heavy atom. The van der Waals surface area contributed by atoms with Crippen molar-refractivity contribution in [1.82, 2.24) is 4.98 Å². The van der Waals surface area contributed by atoms with Crippen LogP contribution in [0.2, 0.25) is 10.0 Å². The number of anilines is 2. The number of fused-ring (bicyclic) bond motifs is 1. The molecular formula is C24H21Cl2N3O3. The molecule has 8 heteroatoms. The smallest absolute Gasteiger partial charge is 0.262 e. The molecule has 2 aromatic carbocycles. The molecule has 0 saturated carbocycles. The van der Waals surface area contributed by atoms with E-state index in [2.05, 4.69) is 4.98 Å². The molecule has 2 aliphatic heterocycles. The summed E-state index contributed by atoms with van der Waals surface area (Å²) in [6, 6.07) is 14.9. The van der Waals surface area contributed by atoms with Gasteiger partial charge >= 0.3 is 0 Å². The molecule has 32 heavy (non-hydrogen) atoms. The molecule has 5 rings (SSSR count). The number of β-amino-alcohol motifs (C(OH)–C–C–N with tert-alkyl or cyclic N) is 1. The maximum atomic E-state index is 13.3. The number of carbonyl (C=O) groups is 1. The average Bonchev–Trinajstić information content (AvgIpc) is 3.15. The second kappa shape index (κ2) is 8.62. The fraction of sp³-hybridized carbons (Fsp3) is 0.250. The summed E-state index contributed by atoms with van der Waals surface area (Å²) in [4.78, 5) is 21.4. The maximum absolute atomic E-state index is 13.3. The Kier molecular flexibility index (Phi) is 5.67. The van der Waals surface area contributed by atoms with Crippen LogP contribution in [0.25, 0.3) is 11.1 Å². The van der Waals surface area contributed by atoms with Crippen LogP contribution in [0.5, 0.6) is 5.75 Å². The molecule has 1 unspecified atom stereocenters. The number of nitrogens with zero attached hydrogens (tertiary/aromatic N) is 3. The average molecular weight is 470 g/mol. The lowest BCUT2D eigenvalue weighted by atomic mass is 10.0.